The predicted octanol–water partition coefficient (Wildman–Crippen LogP) is 3.95. The molecular weight excluding hydrogens is 455 g/mol. The molecule has 7 heteroatoms. The number of nitrogens with zero attached hydrogens (tertiary/aromatic N) is 3. The van der Waals surface area contributed by atoms with Crippen molar-refractivity contribution in [3.63, 3.8) is 0 Å². The van der Waals surface area contributed by atoms with Crippen LogP contribution in [0.4, 0.5) is 11.6 Å². The highest BCUT2D eigenvalue weighted by molar-refractivity contribution is 14.2. The number of aromatic nitrogens is 2. The standard InChI is InChI=1S/C17H21BIN3OP.C2H6/c1-17(2)8-11-7-15-21(14(11)9-17)5-6-22(15)16-12(10-24-19)13(18-23)3-4-20-16;1-2/h3-4,7,23-24H,5-6,8-10H2,1-2H3;1-2H3. The summed E-state index contributed by atoms with van der Waals surface area (Å²) in [5.74, 6) is 2.28. The normalized spacial score (nSPS) is 17.2. The maximum Gasteiger partial charge on any atom is 0.327 e. The first-order chi connectivity index (χ1) is 12.5. The average molecular weight is 482 g/mol. The van der Waals surface area contributed by atoms with E-state index in [1.54, 1.807) is 6.20 Å². The molecule has 2 aromatic rings. The van der Waals surface area contributed by atoms with Crippen LogP contribution in [0.2, 0.25) is 0 Å². The Kier molecular flexibility index (Phi) is 6.35. The van der Waals surface area contributed by atoms with Gasteiger partial charge in [-0.25, -0.2) is 4.98 Å². The zero-order valence-corrected chi connectivity index (χ0v) is 19.2. The van der Waals surface area contributed by atoms with E-state index in [9.17, 15) is 5.02 Å². The van der Waals surface area contributed by atoms with Gasteiger partial charge >= 0.3 is 7.48 Å². The Morgan fingerprint density at radius 2 is 2.08 bits per heavy atom. The minimum Gasteiger partial charge on any atom is -0.450 e. The predicted molar refractivity (Wildman–Crippen MR) is 122 cm³/mol. The smallest absolute Gasteiger partial charge is 0.327 e. The number of pyridine rings is 1. The second-order valence-corrected chi connectivity index (χ2v) is 10.3. The Balaban J connectivity index is 0.000000948. The molecule has 1 unspecified atom stereocenters. The Hall–Kier alpha value is -0.585. The lowest BCUT2D eigenvalue weighted by molar-refractivity contribution is 0.386. The third-order valence-electron chi connectivity index (χ3n) is 5.12. The van der Waals surface area contributed by atoms with Crippen molar-refractivity contribution in [1.82, 2.24) is 9.55 Å². The zero-order chi connectivity index (χ0) is 18.9. The Morgan fingerprint density at radius 1 is 1.31 bits per heavy atom. The lowest BCUT2D eigenvalue weighted by Crippen LogP contribution is -2.25. The number of anilines is 2. The second kappa shape index (κ2) is 8.20. The van der Waals surface area contributed by atoms with E-state index in [2.05, 4.69) is 56.4 Å². The number of fused-ring (bicyclic) bond motifs is 3. The van der Waals surface area contributed by atoms with Crippen LogP contribution in [0.25, 0.3) is 0 Å². The SMILES string of the molecule is CC.CC1(C)Cc2cc3n(c2C1)CCN3c1nccc([B]O)c1CPI. The molecule has 1 aliphatic heterocycles. The summed E-state index contributed by atoms with van der Waals surface area (Å²) >= 11 is 2.41. The van der Waals surface area contributed by atoms with Crippen molar-refractivity contribution in [1.29, 1.82) is 0 Å². The summed E-state index contributed by atoms with van der Waals surface area (Å²) in [6.45, 7) is 10.7. The quantitative estimate of drug-likeness (QED) is 0.408. The van der Waals surface area contributed by atoms with Crippen LogP contribution in [-0.2, 0) is 25.5 Å². The molecule has 1 radical (unpaired) electrons. The molecule has 0 fully saturated rings. The fourth-order valence-corrected chi connectivity index (χ4v) is 5.76. The average Bonchev–Trinajstić information content (AvgIpc) is 3.25. The zero-order valence-electron chi connectivity index (χ0n) is 16.0. The summed E-state index contributed by atoms with van der Waals surface area (Å²) in [6.07, 6.45) is 5.85. The van der Waals surface area contributed by atoms with Crippen molar-refractivity contribution in [3.05, 3.63) is 35.2 Å². The molecule has 2 aromatic heterocycles. The Bertz CT molecular complexity index is 793. The number of halogens is 1. The van der Waals surface area contributed by atoms with Crippen LogP contribution >= 0.6 is 28.3 Å². The summed E-state index contributed by atoms with van der Waals surface area (Å²) in [6, 6.07) is 4.26. The van der Waals surface area contributed by atoms with Gasteiger partial charge in [-0.05, 0) is 47.0 Å². The van der Waals surface area contributed by atoms with Gasteiger partial charge in [-0.1, -0.05) is 56.0 Å². The minimum atomic E-state index is 0.387. The molecule has 4 rings (SSSR count). The molecule has 139 valence electrons. The maximum absolute atomic E-state index is 9.58. The van der Waals surface area contributed by atoms with Crippen molar-refractivity contribution in [2.75, 3.05) is 11.4 Å². The molecule has 0 saturated heterocycles. The number of hydrogen-bond acceptors (Lipinski definition) is 3. The van der Waals surface area contributed by atoms with Crippen LogP contribution in [0, 0.1) is 5.41 Å². The fourth-order valence-electron chi connectivity index (χ4n) is 4.12. The molecule has 3 heterocycles. The van der Waals surface area contributed by atoms with E-state index in [-0.39, 0.29) is 0 Å². The molecule has 1 aliphatic carbocycles. The summed E-state index contributed by atoms with van der Waals surface area (Å²) in [5, 5.41) is 9.58. The second-order valence-electron chi connectivity index (χ2n) is 7.44. The van der Waals surface area contributed by atoms with E-state index >= 15 is 0 Å². The molecule has 0 amide bonds. The van der Waals surface area contributed by atoms with E-state index in [0.717, 1.165) is 55.2 Å². The molecule has 1 N–H and O–H groups in total. The topological polar surface area (TPSA) is 41.3 Å². The van der Waals surface area contributed by atoms with Crippen LogP contribution < -0.4 is 10.4 Å². The van der Waals surface area contributed by atoms with Gasteiger partial charge in [-0.15, -0.1) is 0 Å². The lowest BCUT2D eigenvalue weighted by atomic mass is 9.85. The monoisotopic (exact) mass is 482 g/mol. The van der Waals surface area contributed by atoms with Crippen LogP contribution in [0.5, 0.6) is 0 Å². The Morgan fingerprint density at radius 3 is 2.77 bits per heavy atom. The van der Waals surface area contributed by atoms with E-state index in [1.165, 1.54) is 24.6 Å². The molecule has 26 heavy (non-hydrogen) atoms. The molecule has 0 bridgehead atoms. The first-order valence-electron chi connectivity index (χ1n) is 9.32. The van der Waals surface area contributed by atoms with Crippen molar-refractivity contribution < 1.29 is 5.02 Å². The van der Waals surface area contributed by atoms with Crippen LogP contribution in [-0.4, -0.2) is 28.6 Å². The van der Waals surface area contributed by atoms with Crippen molar-refractivity contribution >= 4 is 52.8 Å². The molecule has 0 aromatic carbocycles. The summed E-state index contributed by atoms with van der Waals surface area (Å²) in [5.41, 5.74) is 5.45. The number of rotatable bonds is 4. The Labute approximate surface area is 172 Å². The summed E-state index contributed by atoms with van der Waals surface area (Å²) < 4.78 is 2.48. The van der Waals surface area contributed by atoms with Crippen molar-refractivity contribution in [2.24, 2.45) is 5.41 Å². The highest BCUT2D eigenvalue weighted by Crippen LogP contribution is 2.44. The van der Waals surface area contributed by atoms with Crippen molar-refractivity contribution in [2.45, 2.75) is 53.2 Å². The van der Waals surface area contributed by atoms with Crippen LogP contribution in [0.1, 0.15) is 44.5 Å². The lowest BCUT2D eigenvalue weighted by Gasteiger charge is -2.22. The van der Waals surface area contributed by atoms with E-state index in [4.69, 9.17) is 0 Å². The molecule has 2 aliphatic rings. The van der Waals surface area contributed by atoms with Gasteiger partial charge in [0.25, 0.3) is 0 Å². The maximum atomic E-state index is 9.58. The highest BCUT2D eigenvalue weighted by Gasteiger charge is 2.36. The van der Waals surface area contributed by atoms with Gasteiger partial charge < -0.3 is 14.5 Å². The summed E-state index contributed by atoms with van der Waals surface area (Å²) in [7, 11) is 1.22. The molecular formula is C19H27BIN3OP. The third-order valence-corrected chi connectivity index (χ3v) is 6.75. The highest BCUT2D eigenvalue weighted by atomic mass is 127. The largest absolute Gasteiger partial charge is 0.450 e. The van der Waals surface area contributed by atoms with Gasteiger partial charge in [0.15, 0.2) is 0 Å². The van der Waals surface area contributed by atoms with Gasteiger partial charge in [-0.2, -0.15) is 0 Å². The third kappa shape index (κ3) is 3.57. The van der Waals surface area contributed by atoms with E-state index < -0.39 is 0 Å². The molecule has 1 atom stereocenters. The first kappa shape index (κ1) is 20.2. The van der Waals surface area contributed by atoms with Gasteiger partial charge in [0, 0.05) is 31.1 Å². The van der Waals surface area contributed by atoms with Crippen LogP contribution in [0.15, 0.2) is 18.3 Å². The van der Waals surface area contributed by atoms with Gasteiger partial charge in [0.05, 0.1) is 0 Å². The molecule has 4 nitrogen and oxygen atoms in total. The van der Waals surface area contributed by atoms with Gasteiger partial charge in [-0.3, -0.25) is 0 Å². The van der Waals surface area contributed by atoms with E-state index in [0.29, 0.717) is 5.41 Å². The number of hydrogen-bond donors (Lipinski definition) is 1. The summed E-state index contributed by atoms with van der Waals surface area (Å²) in [4.78, 5) is 7.02. The molecule has 0 spiro atoms. The fraction of sp³-hybridized carbons (Fsp3) is 0.526. The van der Waals surface area contributed by atoms with Crippen molar-refractivity contribution in [3.8, 4) is 0 Å². The van der Waals surface area contributed by atoms with Gasteiger partial charge in [0.1, 0.15) is 11.6 Å². The van der Waals surface area contributed by atoms with Gasteiger partial charge in [0.2, 0.25) is 0 Å². The first-order valence-corrected chi connectivity index (χ1v) is 13.6. The van der Waals surface area contributed by atoms with Crippen LogP contribution in [0.3, 0.4) is 0 Å². The minimum absolute atomic E-state index is 0.387. The molecule has 0 saturated carbocycles. The van der Waals surface area contributed by atoms with E-state index in [1.807, 2.05) is 19.9 Å².